The molecule has 4 aromatic rings. The van der Waals surface area contributed by atoms with E-state index in [2.05, 4.69) is 55.3 Å². The lowest BCUT2D eigenvalue weighted by Gasteiger charge is -2.09. The fraction of sp³-hybridized carbons (Fsp3) is 0.111. The Bertz CT molecular complexity index is 1260. The molecule has 1 amide bonds. The number of halogens is 1. The second kappa shape index (κ2) is 10.3. The Morgan fingerprint density at radius 1 is 0.970 bits per heavy atom. The highest BCUT2D eigenvalue weighted by molar-refractivity contribution is 9.10. The van der Waals surface area contributed by atoms with E-state index in [1.54, 1.807) is 6.21 Å². The van der Waals surface area contributed by atoms with Gasteiger partial charge in [-0.25, -0.2) is 5.43 Å². The van der Waals surface area contributed by atoms with E-state index in [1.807, 2.05) is 74.5 Å². The van der Waals surface area contributed by atoms with Gasteiger partial charge in [-0.2, -0.15) is 5.10 Å². The number of nitrogens with one attached hydrogen (secondary N) is 1. The van der Waals surface area contributed by atoms with E-state index in [9.17, 15) is 4.79 Å². The van der Waals surface area contributed by atoms with Gasteiger partial charge in [-0.05, 0) is 67.4 Å². The summed E-state index contributed by atoms with van der Waals surface area (Å²) in [5.41, 5.74) is 8.90. The number of nitrogens with zero attached hydrogens (tertiary/aromatic N) is 2. The maximum atomic E-state index is 12.1. The fourth-order valence-electron chi connectivity index (χ4n) is 3.63. The van der Waals surface area contributed by atoms with E-state index >= 15 is 0 Å². The molecular weight excluding hydrogens is 478 g/mol. The van der Waals surface area contributed by atoms with Crippen LogP contribution in [0.1, 0.15) is 17.0 Å². The Balaban J connectivity index is 1.32. The Morgan fingerprint density at radius 3 is 2.33 bits per heavy atom. The molecule has 5 nitrogen and oxygen atoms in total. The zero-order chi connectivity index (χ0) is 23.2. The van der Waals surface area contributed by atoms with Crippen LogP contribution in [0.25, 0.3) is 16.8 Å². The Morgan fingerprint density at radius 2 is 1.64 bits per heavy atom. The van der Waals surface area contributed by atoms with E-state index in [-0.39, 0.29) is 12.5 Å². The average molecular weight is 502 g/mol. The number of aryl methyl sites for hydroxylation is 1. The van der Waals surface area contributed by atoms with Gasteiger partial charge in [0.15, 0.2) is 6.61 Å². The lowest BCUT2D eigenvalue weighted by Crippen LogP contribution is -2.24. The lowest BCUT2D eigenvalue weighted by atomic mass is 10.1. The van der Waals surface area contributed by atoms with Gasteiger partial charge in [0, 0.05) is 27.1 Å². The number of amides is 1. The molecular formula is C27H24BrN3O2. The summed E-state index contributed by atoms with van der Waals surface area (Å²) in [6, 6.07) is 27.9. The molecule has 3 aromatic carbocycles. The first-order valence-corrected chi connectivity index (χ1v) is 11.4. The summed E-state index contributed by atoms with van der Waals surface area (Å²) in [6.07, 6.45) is 1.66. The molecule has 0 saturated heterocycles. The van der Waals surface area contributed by atoms with Crippen LogP contribution in [0.3, 0.4) is 0 Å². The smallest absolute Gasteiger partial charge is 0.277 e. The Labute approximate surface area is 201 Å². The van der Waals surface area contributed by atoms with Crippen molar-refractivity contribution in [1.29, 1.82) is 0 Å². The van der Waals surface area contributed by atoms with Crippen molar-refractivity contribution in [2.45, 2.75) is 13.8 Å². The predicted octanol–water partition coefficient (Wildman–Crippen LogP) is 6.05. The predicted molar refractivity (Wildman–Crippen MR) is 136 cm³/mol. The van der Waals surface area contributed by atoms with Crippen molar-refractivity contribution in [2.75, 3.05) is 6.61 Å². The third kappa shape index (κ3) is 5.59. The molecule has 4 rings (SSSR count). The molecule has 166 valence electrons. The van der Waals surface area contributed by atoms with Crippen LogP contribution in [0.5, 0.6) is 5.75 Å². The zero-order valence-corrected chi connectivity index (χ0v) is 20.0. The topological polar surface area (TPSA) is 55.6 Å². The summed E-state index contributed by atoms with van der Waals surface area (Å²) in [5, 5.41) is 4.11. The van der Waals surface area contributed by atoms with E-state index in [1.165, 1.54) is 0 Å². The van der Waals surface area contributed by atoms with Crippen LogP contribution in [-0.4, -0.2) is 23.3 Å². The van der Waals surface area contributed by atoms with Gasteiger partial charge >= 0.3 is 0 Å². The molecule has 0 bridgehead atoms. The van der Waals surface area contributed by atoms with Crippen LogP contribution in [-0.2, 0) is 4.79 Å². The van der Waals surface area contributed by atoms with Gasteiger partial charge in [0.25, 0.3) is 5.91 Å². The number of aromatic nitrogens is 1. The largest absolute Gasteiger partial charge is 0.484 e. The molecule has 0 fully saturated rings. The Hall–Kier alpha value is -3.64. The molecule has 0 aliphatic rings. The van der Waals surface area contributed by atoms with Crippen LogP contribution in [0.4, 0.5) is 0 Å². The monoisotopic (exact) mass is 501 g/mol. The van der Waals surface area contributed by atoms with Crippen LogP contribution < -0.4 is 10.2 Å². The van der Waals surface area contributed by atoms with E-state index in [0.29, 0.717) is 5.75 Å². The molecule has 1 N–H and O–H groups in total. The van der Waals surface area contributed by atoms with E-state index in [0.717, 1.165) is 38.2 Å². The molecule has 0 saturated carbocycles. The first-order chi connectivity index (χ1) is 16.0. The van der Waals surface area contributed by atoms with Gasteiger partial charge < -0.3 is 9.30 Å². The molecule has 0 aliphatic heterocycles. The zero-order valence-electron chi connectivity index (χ0n) is 18.5. The fourth-order valence-corrected chi connectivity index (χ4v) is 3.90. The van der Waals surface area contributed by atoms with Crippen molar-refractivity contribution >= 4 is 28.1 Å². The molecule has 0 unspecified atom stereocenters. The van der Waals surface area contributed by atoms with Gasteiger partial charge in [-0.3, -0.25) is 4.79 Å². The maximum Gasteiger partial charge on any atom is 0.277 e. The van der Waals surface area contributed by atoms with Gasteiger partial charge in [0.2, 0.25) is 0 Å². The maximum absolute atomic E-state index is 12.1. The third-order valence-corrected chi connectivity index (χ3v) is 5.81. The van der Waals surface area contributed by atoms with E-state index in [4.69, 9.17) is 4.74 Å². The lowest BCUT2D eigenvalue weighted by molar-refractivity contribution is -0.123. The number of carbonyl (C=O) groups excluding carboxylic acids is 1. The number of hydrogen-bond donors (Lipinski definition) is 1. The summed E-state index contributed by atoms with van der Waals surface area (Å²) in [7, 11) is 0. The molecule has 0 aliphatic carbocycles. The first-order valence-electron chi connectivity index (χ1n) is 10.6. The van der Waals surface area contributed by atoms with Gasteiger partial charge in [-0.1, -0.05) is 58.4 Å². The number of rotatable bonds is 7. The average Bonchev–Trinajstić information content (AvgIpc) is 3.12. The van der Waals surface area contributed by atoms with Crippen LogP contribution in [0, 0.1) is 13.8 Å². The van der Waals surface area contributed by atoms with Crippen molar-refractivity contribution in [3.8, 4) is 22.6 Å². The second-order valence-electron chi connectivity index (χ2n) is 7.61. The summed E-state index contributed by atoms with van der Waals surface area (Å²) in [4.78, 5) is 12.1. The van der Waals surface area contributed by atoms with Crippen molar-refractivity contribution in [3.63, 3.8) is 0 Å². The van der Waals surface area contributed by atoms with Crippen LogP contribution in [0.15, 0.2) is 94.5 Å². The third-order valence-electron chi connectivity index (χ3n) is 5.28. The highest BCUT2D eigenvalue weighted by atomic mass is 79.9. The van der Waals surface area contributed by atoms with Crippen LogP contribution >= 0.6 is 15.9 Å². The summed E-state index contributed by atoms with van der Waals surface area (Å²) < 4.78 is 8.77. The quantitative estimate of drug-likeness (QED) is 0.247. The molecule has 1 heterocycles. The van der Waals surface area contributed by atoms with Gasteiger partial charge in [0.1, 0.15) is 5.75 Å². The minimum Gasteiger partial charge on any atom is -0.484 e. The summed E-state index contributed by atoms with van der Waals surface area (Å²) in [5.74, 6) is 0.312. The van der Waals surface area contributed by atoms with Crippen molar-refractivity contribution in [3.05, 3.63) is 106 Å². The number of benzene rings is 3. The van der Waals surface area contributed by atoms with Crippen molar-refractivity contribution in [2.24, 2.45) is 5.10 Å². The molecule has 0 radical (unpaired) electrons. The van der Waals surface area contributed by atoms with Crippen LogP contribution in [0.2, 0.25) is 0 Å². The molecule has 0 spiro atoms. The minimum atomic E-state index is -0.319. The number of hydrogen-bond acceptors (Lipinski definition) is 3. The standard InChI is InChI=1S/C27H24BrN3O2/c1-19-16-23(20(2)31(19)25-12-10-24(28)11-13-25)17-29-30-27(32)18-33-26-14-8-22(9-15-26)21-6-4-3-5-7-21/h3-17H,18H2,1-2H3,(H,30,32)/b29-17+. The van der Waals surface area contributed by atoms with Gasteiger partial charge in [0.05, 0.1) is 6.21 Å². The number of carbonyl (C=O) groups is 1. The summed E-state index contributed by atoms with van der Waals surface area (Å²) >= 11 is 3.47. The number of hydrazone groups is 1. The van der Waals surface area contributed by atoms with Crippen molar-refractivity contribution < 1.29 is 9.53 Å². The normalized spacial score (nSPS) is 11.0. The second-order valence-corrected chi connectivity index (χ2v) is 8.53. The van der Waals surface area contributed by atoms with E-state index < -0.39 is 0 Å². The SMILES string of the molecule is Cc1cc(/C=N/NC(=O)COc2ccc(-c3ccccc3)cc2)c(C)n1-c1ccc(Br)cc1. The highest BCUT2D eigenvalue weighted by Crippen LogP contribution is 2.23. The molecule has 6 heteroatoms. The minimum absolute atomic E-state index is 0.111. The van der Waals surface area contributed by atoms with Crippen molar-refractivity contribution in [1.82, 2.24) is 9.99 Å². The summed E-state index contributed by atoms with van der Waals surface area (Å²) in [6.45, 7) is 3.96. The van der Waals surface area contributed by atoms with Gasteiger partial charge in [-0.15, -0.1) is 0 Å². The Kier molecular flexibility index (Phi) is 7.05. The highest BCUT2D eigenvalue weighted by Gasteiger charge is 2.09. The number of ether oxygens (including phenoxy) is 1. The molecule has 1 aromatic heterocycles. The first kappa shape index (κ1) is 22.6. The molecule has 33 heavy (non-hydrogen) atoms. The molecule has 0 atom stereocenters.